The maximum atomic E-state index is 16.4. The van der Waals surface area contributed by atoms with Crippen LogP contribution >= 0.6 is 11.3 Å². The largest absolute Gasteiger partial charge is 0.462 e. The van der Waals surface area contributed by atoms with Crippen molar-refractivity contribution in [3.8, 4) is 0 Å². The van der Waals surface area contributed by atoms with E-state index in [9.17, 15) is 19.2 Å². The number of pyridine rings is 1. The molecule has 1 aliphatic rings. The molecule has 0 spiro atoms. The van der Waals surface area contributed by atoms with Crippen LogP contribution in [0, 0.1) is 11.6 Å². The molecule has 2 aromatic carbocycles. The van der Waals surface area contributed by atoms with E-state index in [-0.39, 0.29) is 54.3 Å². The smallest absolute Gasteiger partial charge is 0.408 e. The summed E-state index contributed by atoms with van der Waals surface area (Å²) in [4.78, 5) is 50.3. The third-order valence-electron chi connectivity index (χ3n) is 6.58. The number of rotatable bonds is 8. The van der Waals surface area contributed by atoms with E-state index in [1.54, 1.807) is 31.2 Å². The fourth-order valence-electron chi connectivity index (χ4n) is 4.62. The first-order valence-corrected chi connectivity index (χ1v) is 13.3. The minimum absolute atomic E-state index is 0.0234. The van der Waals surface area contributed by atoms with Crippen molar-refractivity contribution in [1.29, 1.82) is 0 Å². The van der Waals surface area contributed by atoms with Crippen LogP contribution in [-0.2, 0) is 37.8 Å². The number of thiazole rings is 1. The molecule has 1 saturated carbocycles. The summed E-state index contributed by atoms with van der Waals surface area (Å²) in [7, 11) is 0. The third-order valence-corrected chi connectivity index (χ3v) is 7.58. The number of hydrogen-bond donors (Lipinski definition) is 1. The van der Waals surface area contributed by atoms with Crippen LogP contribution in [0.1, 0.15) is 53.9 Å². The Morgan fingerprint density at radius 1 is 1.07 bits per heavy atom. The number of ether oxygens (including phenoxy) is 3. The van der Waals surface area contributed by atoms with Gasteiger partial charge in [-0.25, -0.2) is 18.4 Å². The van der Waals surface area contributed by atoms with Crippen LogP contribution in [0.15, 0.2) is 46.6 Å². The van der Waals surface area contributed by atoms with E-state index >= 15 is 8.78 Å². The molecular formula is C28H24F2N2O7S. The van der Waals surface area contributed by atoms with Gasteiger partial charge in [0, 0.05) is 12.3 Å². The Labute approximate surface area is 230 Å². The van der Waals surface area contributed by atoms with Gasteiger partial charge < -0.3 is 19.5 Å². The predicted molar refractivity (Wildman–Crippen MR) is 141 cm³/mol. The van der Waals surface area contributed by atoms with Crippen LogP contribution in [0.3, 0.4) is 0 Å². The minimum atomic E-state index is -1.39. The van der Waals surface area contributed by atoms with Crippen molar-refractivity contribution in [2.75, 3.05) is 6.61 Å². The Hall–Kier alpha value is -4.32. The van der Waals surface area contributed by atoms with Gasteiger partial charge in [0.1, 0.15) is 29.4 Å². The summed E-state index contributed by atoms with van der Waals surface area (Å²) in [6, 6.07) is 9.78. The number of carbonyl (C=O) groups excluding carboxylic acids is 3. The third kappa shape index (κ3) is 4.90. The topological polar surface area (TPSA) is 112 Å². The number of fused-ring (bicyclic) bond motifs is 3. The van der Waals surface area contributed by atoms with E-state index in [0.29, 0.717) is 0 Å². The number of carbonyl (C=O) groups is 3. The van der Waals surface area contributed by atoms with Crippen LogP contribution in [0.2, 0.25) is 0 Å². The summed E-state index contributed by atoms with van der Waals surface area (Å²) in [5.74, 6) is -3.69. The van der Waals surface area contributed by atoms with Crippen molar-refractivity contribution < 1.29 is 37.4 Å². The fraction of sp³-hybridized carbons (Fsp3) is 0.286. The van der Waals surface area contributed by atoms with Crippen LogP contribution < -0.4 is 10.7 Å². The van der Waals surface area contributed by atoms with E-state index in [4.69, 9.17) is 14.2 Å². The molecule has 40 heavy (non-hydrogen) atoms. The Bertz CT molecular complexity index is 1710. The summed E-state index contributed by atoms with van der Waals surface area (Å²) in [5.41, 5.74) is -2.43. The van der Waals surface area contributed by atoms with Gasteiger partial charge >= 0.3 is 18.0 Å². The number of alkyl carbamates (subject to hydrolysis) is 1. The Kier molecular flexibility index (Phi) is 7.28. The molecule has 1 amide bonds. The second kappa shape index (κ2) is 10.7. The van der Waals surface area contributed by atoms with E-state index < -0.39 is 51.6 Å². The first kappa shape index (κ1) is 27.3. The fourth-order valence-corrected chi connectivity index (χ4v) is 5.65. The number of halogens is 2. The molecule has 0 aliphatic heterocycles. The highest BCUT2D eigenvalue weighted by Gasteiger charge is 2.50. The highest BCUT2D eigenvalue weighted by molar-refractivity contribution is 7.16. The van der Waals surface area contributed by atoms with Crippen LogP contribution in [0.5, 0.6) is 0 Å². The molecule has 12 heteroatoms. The lowest BCUT2D eigenvalue weighted by Crippen LogP contribution is -2.37. The van der Waals surface area contributed by atoms with Crippen molar-refractivity contribution in [2.45, 2.75) is 45.4 Å². The zero-order valence-corrected chi connectivity index (χ0v) is 22.4. The first-order chi connectivity index (χ1) is 19.2. The van der Waals surface area contributed by atoms with Gasteiger partial charge in [-0.15, -0.1) is 11.3 Å². The van der Waals surface area contributed by atoms with Gasteiger partial charge in [0.25, 0.3) is 0 Å². The standard InChI is InChI=1S/C28H24F2N2O7S/c1-3-37-26(35)20-24(34)18-11-19(29)21(22(30)23(18)32-17(13-38-15(2)33)14-40-25(20)32)28(9-10-28)31-27(36)39-12-16-7-5-4-6-8-16/h4-8,11,14H,3,9-10,12-13H2,1-2H3,(H,31,36). The van der Waals surface area contributed by atoms with E-state index in [2.05, 4.69) is 5.32 Å². The van der Waals surface area contributed by atoms with Gasteiger partial charge in [-0.2, -0.15) is 0 Å². The maximum Gasteiger partial charge on any atom is 0.408 e. The summed E-state index contributed by atoms with van der Waals surface area (Å²) in [6.07, 6.45) is -0.392. The zero-order chi connectivity index (χ0) is 28.6. The van der Waals surface area contributed by atoms with Crippen molar-refractivity contribution >= 4 is 45.1 Å². The lowest BCUT2D eigenvalue weighted by atomic mass is 9.99. The molecule has 9 nitrogen and oxygen atoms in total. The van der Waals surface area contributed by atoms with Crippen molar-refractivity contribution in [2.24, 2.45) is 0 Å². The lowest BCUT2D eigenvalue weighted by molar-refractivity contribution is -0.142. The summed E-state index contributed by atoms with van der Waals surface area (Å²) in [6.45, 7) is 2.41. The Morgan fingerprint density at radius 3 is 2.45 bits per heavy atom. The molecular weight excluding hydrogens is 546 g/mol. The number of aromatic nitrogens is 1. The quantitative estimate of drug-likeness (QED) is 0.236. The van der Waals surface area contributed by atoms with Crippen molar-refractivity contribution in [3.63, 3.8) is 0 Å². The zero-order valence-electron chi connectivity index (χ0n) is 21.5. The number of esters is 2. The highest BCUT2D eigenvalue weighted by atomic mass is 32.1. The summed E-state index contributed by atoms with van der Waals surface area (Å²) >= 11 is 0.953. The second-order valence-electron chi connectivity index (χ2n) is 9.28. The van der Waals surface area contributed by atoms with Gasteiger partial charge in [0.15, 0.2) is 5.82 Å². The second-order valence-corrected chi connectivity index (χ2v) is 10.1. The normalized spacial score (nSPS) is 13.7. The van der Waals surface area contributed by atoms with Gasteiger partial charge in [-0.1, -0.05) is 30.3 Å². The number of nitrogens with zero attached hydrogens (tertiary/aromatic N) is 1. The average Bonchev–Trinajstić information content (AvgIpc) is 3.56. The summed E-state index contributed by atoms with van der Waals surface area (Å²) in [5, 5.41) is 3.70. The van der Waals surface area contributed by atoms with Gasteiger partial charge in [0.2, 0.25) is 5.43 Å². The molecule has 0 radical (unpaired) electrons. The summed E-state index contributed by atoms with van der Waals surface area (Å²) < 4.78 is 48.7. The SMILES string of the molecule is CCOC(=O)c1c(=O)c2cc(F)c(C3(NC(=O)OCc4ccccc4)CC3)c(F)c2n2c(COC(C)=O)csc12. The Balaban J connectivity index is 1.63. The molecule has 208 valence electrons. The van der Waals surface area contributed by atoms with E-state index in [1.165, 1.54) is 16.7 Å². The monoisotopic (exact) mass is 570 g/mol. The molecule has 2 heterocycles. The molecule has 1 aliphatic carbocycles. The number of amides is 1. The minimum Gasteiger partial charge on any atom is -0.462 e. The van der Waals surface area contributed by atoms with Gasteiger partial charge in [-0.05, 0) is 31.4 Å². The van der Waals surface area contributed by atoms with Crippen LogP contribution in [-0.4, -0.2) is 29.0 Å². The van der Waals surface area contributed by atoms with Crippen LogP contribution in [0.4, 0.5) is 13.6 Å². The maximum absolute atomic E-state index is 16.4. The molecule has 5 rings (SSSR count). The number of nitrogens with one attached hydrogen (secondary N) is 1. The van der Waals surface area contributed by atoms with E-state index in [0.717, 1.165) is 23.0 Å². The highest BCUT2D eigenvalue weighted by Crippen LogP contribution is 2.49. The van der Waals surface area contributed by atoms with Crippen molar-refractivity contribution in [1.82, 2.24) is 9.72 Å². The van der Waals surface area contributed by atoms with Crippen molar-refractivity contribution in [3.05, 3.63) is 86.0 Å². The molecule has 2 aromatic heterocycles. The first-order valence-electron chi connectivity index (χ1n) is 12.4. The molecule has 0 atom stereocenters. The molecule has 0 unspecified atom stereocenters. The molecule has 0 bridgehead atoms. The molecule has 1 N–H and O–H groups in total. The van der Waals surface area contributed by atoms with E-state index in [1.807, 2.05) is 6.07 Å². The molecule has 1 fully saturated rings. The lowest BCUT2D eigenvalue weighted by Gasteiger charge is -2.21. The average molecular weight is 571 g/mol. The van der Waals surface area contributed by atoms with Gasteiger partial charge in [-0.3, -0.25) is 14.0 Å². The molecule has 4 aromatic rings. The Morgan fingerprint density at radius 2 is 1.80 bits per heavy atom. The number of hydrogen-bond acceptors (Lipinski definition) is 8. The molecule has 0 saturated heterocycles. The van der Waals surface area contributed by atoms with Crippen LogP contribution in [0.25, 0.3) is 15.7 Å². The number of benzene rings is 2. The van der Waals surface area contributed by atoms with Gasteiger partial charge in [0.05, 0.1) is 34.3 Å². The predicted octanol–water partition coefficient (Wildman–Crippen LogP) is 4.95.